The average Bonchev–Trinajstić information content (AvgIpc) is 3.85. The second kappa shape index (κ2) is 24.3. The summed E-state index contributed by atoms with van der Waals surface area (Å²) >= 11 is 2.85. The first kappa shape index (κ1) is 49.4. The minimum Gasteiger partial charge on any atom is -0.790 e. The molecule has 5 atom stereocenters. The summed E-state index contributed by atoms with van der Waals surface area (Å²) in [5.41, 5.74) is 4.03. The third-order valence-electron chi connectivity index (χ3n) is 8.75. The van der Waals surface area contributed by atoms with Crippen molar-refractivity contribution in [3.63, 3.8) is 0 Å². The van der Waals surface area contributed by atoms with Crippen molar-refractivity contribution >= 4 is 86.3 Å². The van der Waals surface area contributed by atoms with Crippen LogP contribution in [0.2, 0.25) is 0 Å². The van der Waals surface area contributed by atoms with Gasteiger partial charge in [0.05, 0.1) is 47.6 Å². The van der Waals surface area contributed by atoms with E-state index >= 15 is 0 Å². The van der Waals surface area contributed by atoms with E-state index < -0.39 is 56.4 Å². The van der Waals surface area contributed by atoms with Gasteiger partial charge in [0.1, 0.15) is 12.6 Å². The molecule has 0 radical (unpaired) electrons. The Kier molecular flexibility index (Phi) is 20.7. The molecule has 15 nitrogen and oxygen atoms in total. The van der Waals surface area contributed by atoms with Gasteiger partial charge in [-0.15, -0.1) is 22.7 Å². The number of hydrogen-bond acceptors (Lipinski definition) is 13. The van der Waals surface area contributed by atoms with Gasteiger partial charge in [-0.2, -0.15) is 0 Å². The molecule has 1 unspecified atom stereocenters. The summed E-state index contributed by atoms with van der Waals surface area (Å²) in [5, 5.41) is 11.7. The van der Waals surface area contributed by atoms with E-state index in [1.165, 1.54) is 34.5 Å². The number of phosphoric ester groups is 1. The van der Waals surface area contributed by atoms with Crippen LogP contribution in [0.3, 0.4) is 0 Å². The van der Waals surface area contributed by atoms with E-state index in [1.807, 2.05) is 79.9 Å². The van der Waals surface area contributed by atoms with E-state index in [0.717, 1.165) is 21.8 Å². The number of rotatable bonds is 21. The Bertz CT molecular complexity index is 1890. The number of nitrogens with one attached hydrogen (secondary N) is 3. The van der Waals surface area contributed by atoms with E-state index in [2.05, 4.69) is 44.3 Å². The van der Waals surface area contributed by atoms with Crippen molar-refractivity contribution in [3.8, 4) is 0 Å². The maximum atomic E-state index is 14.2. The largest absolute Gasteiger partial charge is 2.00 e. The zero-order valence-electron chi connectivity index (χ0n) is 33.6. The molecule has 19 heteroatoms. The van der Waals surface area contributed by atoms with E-state index in [-0.39, 0.29) is 82.0 Å². The summed E-state index contributed by atoms with van der Waals surface area (Å²) in [6, 6.07) is 15.6. The molecule has 0 saturated carbocycles. The van der Waals surface area contributed by atoms with E-state index in [0.29, 0.717) is 4.88 Å². The third-order valence-corrected chi connectivity index (χ3v) is 11.3. The van der Waals surface area contributed by atoms with Crippen molar-refractivity contribution < 1.29 is 42.7 Å². The van der Waals surface area contributed by atoms with Crippen LogP contribution >= 0.6 is 30.5 Å². The fraction of sp³-hybridized carbons (Fsp3) is 0.462. The average molecular weight is 883 g/mol. The maximum absolute atomic E-state index is 14.2. The number of alkyl carbamates (subject to hydrolysis) is 1. The smallest absolute Gasteiger partial charge is 0.790 e. The Morgan fingerprint density at radius 2 is 1.53 bits per heavy atom. The Morgan fingerprint density at radius 1 is 0.897 bits per heavy atom. The van der Waals surface area contributed by atoms with Gasteiger partial charge in [0.15, 0.2) is 6.29 Å². The molecule has 58 heavy (non-hydrogen) atoms. The molecule has 3 N–H and O–H groups in total. The number of amides is 4. The summed E-state index contributed by atoms with van der Waals surface area (Å²) in [5.74, 6) is -0.531. The molecule has 0 fully saturated rings. The summed E-state index contributed by atoms with van der Waals surface area (Å²) in [7, 11) is -3.85. The van der Waals surface area contributed by atoms with Gasteiger partial charge < -0.3 is 49.2 Å². The maximum Gasteiger partial charge on any atom is 2.00 e. The van der Waals surface area contributed by atoms with Gasteiger partial charge in [-0.3, -0.25) is 9.78 Å². The minimum atomic E-state index is -5.48. The number of benzene rings is 2. The number of aromatic nitrogens is 2. The van der Waals surface area contributed by atoms with Crippen LogP contribution in [-0.2, 0) is 49.4 Å². The number of thiazole rings is 2. The predicted octanol–water partition coefficient (Wildman–Crippen LogP) is 4.74. The number of nitrogens with zero attached hydrogens (tertiary/aromatic N) is 3. The number of ether oxygens (including phenoxy) is 2. The third kappa shape index (κ3) is 17.3. The van der Waals surface area contributed by atoms with Crippen LogP contribution in [0.25, 0.3) is 0 Å². The van der Waals surface area contributed by atoms with Gasteiger partial charge in [0.2, 0.25) is 5.91 Å². The summed E-state index contributed by atoms with van der Waals surface area (Å²) in [6.45, 7) is 9.21. The number of hydrogen-bond donors (Lipinski definition) is 3. The SMILES string of the molecule is CC(O[C@@H](C[C@H](Cc1ccccc1)NC(=O)[C@@H](NC(=O)N(C)Cc1csc(C(C)C)n1)C(C)C)[C@H](Cc1ccccc1)NC(=O)OCc1cncs1)OP(=O)([O-])[O-].[Ca+2]. The Hall–Kier alpha value is -2.96. The molecule has 0 saturated heterocycles. The van der Waals surface area contributed by atoms with E-state index in [1.54, 1.807) is 18.8 Å². The first-order valence-electron chi connectivity index (χ1n) is 18.6. The minimum absolute atomic E-state index is 0. The fourth-order valence-electron chi connectivity index (χ4n) is 5.97. The van der Waals surface area contributed by atoms with Gasteiger partial charge in [-0.25, -0.2) is 14.6 Å². The molecule has 0 bridgehead atoms. The van der Waals surface area contributed by atoms with Crippen LogP contribution in [0.15, 0.2) is 77.8 Å². The molecule has 0 aliphatic rings. The molecule has 2 aromatic heterocycles. The van der Waals surface area contributed by atoms with Crippen LogP contribution in [0, 0.1) is 5.92 Å². The number of phosphoric acid groups is 1. The van der Waals surface area contributed by atoms with Crippen molar-refractivity contribution in [2.45, 2.75) is 103 Å². The van der Waals surface area contributed by atoms with Crippen molar-refractivity contribution in [2.24, 2.45) is 5.92 Å². The van der Waals surface area contributed by atoms with Gasteiger partial charge in [0.25, 0.3) is 0 Å². The number of carbonyl (C=O) groups excluding carboxylic acids is 3. The van der Waals surface area contributed by atoms with Gasteiger partial charge in [-0.1, -0.05) is 88.4 Å². The van der Waals surface area contributed by atoms with Crippen LogP contribution in [0.5, 0.6) is 0 Å². The Balaban J connectivity index is 0.00000900. The molecule has 310 valence electrons. The van der Waals surface area contributed by atoms with Gasteiger partial charge >= 0.3 is 49.9 Å². The molecule has 4 amide bonds. The summed E-state index contributed by atoms with van der Waals surface area (Å²) in [6.07, 6.45) is -1.31. The Morgan fingerprint density at radius 3 is 2.09 bits per heavy atom. The van der Waals surface area contributed by atoms with Crippen molar-refractivity contribution in [1.82, 2.24) is 30.8 Å². The molecule has 2 heterocycles. The molecular formula is C39H51CaN6O9PS2. The molecule has 0 aliphatic carbocycles. The standard InChI is InChI=1S/C39H53N6O9PS2.Ca/c1-25(2)35(44-38(47)45(6)21-31-23-56-37(42-31)26(3)4)36(46)41-30(17-28-13-9-7-10-14-28)19-34(53-27(5)54-55(49,50)51)33(18-29-15-11-8-12-16-29)43-39(48)52-22-32-20-40-24-57-32;/h7-16,20,23-27,30,33-35H,17-19,21-22H2,1-6H3,(H,41,46)(H,43,48)(H,44,47)(H2,49,50,51);/q;+2/p-2/t27?,30-,33-,34-,35-;/m0./s1. The fourth-order valence-corrected chi connectivity index (χ4v) is 7.72. The molecule has 2 aromatic carbocycles. The van der Waals surface area contributed by atoms with E-state index in [9.17, 15) is 28.7 Å². The monoisotopic (exact) mass is 882 g/mol. The second-order valence-corrected chi connectivity index (χ2v) is 17.2. The normalized spacial score (nSPS) is 14.1. The zero-order valence-corrected chi connectivity index (χ0v) is 38.3. The van der Waals surface area contributed by atoms with Crippen LogP contribution in [-0.4, -0.2) is 108 Å². The quantitative estimate of drug-likeness (QED) is 0.0592. The summed E-state index contributed by atoms with van der Waals surface area (Å²) in [4.78, 5) is 75.0. The van der Waals surface area contributed by atoms with Crippen LogP contribution in [0.4, 0.5) is 9.59 Å². The molecule has 4 rings (SSSR count). The first-order chi connectivity index (χ1) is 27.1. The Labute approximate surface area is 377 Å². The van der Waals surface area contributed by atoms with Crippen molar-refractivity contribution in [3.05, 3.63) is 104 Å². The first-order valence-corrected chi connectivity index (χ1v) is 21.8. The van der Waals surface area contributed by atoms with Crippen molar-refractivity contribution in [2.75, 3.05) is 7.05 Å². The number of urea groups is 1. The summed E-state index contributed by atoms with van der Waals surface area (Å²) < 4.78 is 27.9. The molecule has 4 aromatic rings. The van der Waals surface area contributed by atoms with Crippen molar-refractivity contribution in [1.29, 1.82) is 0 Å². The zero-order chi connectivity index (χ0) is 41.5. The molecule has 0 spiro atoms. The second-order valence-electron chi connectivity index (χ2n) is 14.3. The number of carbonyl (C=O) groups is 3. The molecular weight excluding hydrogens is 832 g/mol. The van der Waals surface area contributed by atoms with E-state index in [4.69, 9.17) is 9.47 Å². The van der Waals surface area contributed by atoms with Gasteiger partial charge in [-0.05, 0) is 43.2 Å². The predicted molar refractivity (Wildman–Crippen MR) is 220 cm³/mol. The topological polar surface area (TPSA) is 207 Å². The van der Waals surface area contributed by atoms with Crippen LogP contribution in [0.1, 0.15) is 73.7 Å². The van der Waals surface area contributed by atoms with Crippen LogP contribution < -0.4 is 25.7 Å². The molecule has 0 aliphatic heterocycles. The van der Waals surface area contributed by atoms with Gasteiger partial charge in [0, 0.05) is 30.6 Å².